The number of benzene rings is 3. The zero-order valence-corrected chi connectivity index (χ0v) is 18.3. The maximum Gasteiger partial charge on any atom is 0.253 e. The van der Waals surface area contributed by atoms with Gasteiger partial charge in [0.1, 0.15) is 5.82 Å². The van der Waals surface area contributed by atoms with E-state index in [1.807, 2.05) is 0 Å². The van der Waals surface area contributed by atoms with E-state index >= 15 is 0 Å². The lowest BCUT2D eigenvalue weighted by Crippen LogP contribution is -2.30. The van der Waals surface area contributed by atoms with Crippen LogP contribution in [0.1, 0.15) is 28.4 Å². The van der Waals surface area contributed by atoms with Crippen molar-refractivity contribution in [3.63, 3.8) is 0 Å². The Bertz CT molecular complexity index is 1120. The van der Waals surface area contributed by atoms with Crippen molar-refractivity contribution in [2.24, 2.45) is 0 Å². The largest absolute Gasteiger partial charge is 0.337 e. The van der Waals surface area contributed by atoms with Gasteiger partial charge in [-0.3, -0.25) is 4.79 Å². The van der Waals surface area contributed by atoms with Crippen molar-refractivity contribution in [2.75, 3.05) is 13.6 Å². The van der Waals surface area contributed by atoms with Gasteiger partial charge in [0.2, 0.25) is 10.0 Å². The van der Waals surface area contributed by atoms with Gasteiger partial charge in [-0.25, -0.2) is 12.8 Å². The van der Waals surface area contributed by atoms with Crippen LogP contribution in [0.25, 0.3) is 0 Å². The van der Waals surface area contributed by atoms with E-state index in [1.165, 1.54) is 16.4 Å². The first-order valence-corrected chi connectivity index (χ1v) is 11.4. The average Bonchev–Trinajstić information content (AvgIpc) is 2.79. The summed E-state index contributed by atoms with van der Waals surface area (Å²) < 4.78 is 40.2. The molecule has 31 heavy (non-hydrogen) atoms. The fourth-order valence-corrected chi connectivity index (χ4v) is 4.68. The number of hydrogen-bond donors (Lipinski definition) is 0. The molecule has 0 saturated heterocycles. The summed E-state index contributed by atoms with van der Waals surface area (Å²) in [5, 5.41) is 0. The van der Waals surface area contributed by atoms with Gasteiger partial charge in [0.25, 0.3) is 5.91 Å². The molecule has 0 radical (unpaired) electrons. The van der Waals surface area contributed by atoms with Crippen molar-refractivity contribution < 1.29 is 17.6 Å². The highest BCUT2D eigenvalue weighted by molar-refractivity contribution is 7.89. The minimum Gasteiger partial charge on any atom is -0.337 e. The maximum absolute atomic E-state index is 13.1. The number of hydrogen-bond acceptors (Lipinski definition) is 3. The summed E-state index contributed by atoms with van der Waals surface area (Å²) in [5.41, 5.74) is 2.12. The van der Waals surface area contributed by atoms with Crippen molar-refractivity contribution in [3.8, 4) is 0 Å². The molecule has 0 unspecified atom stereocenters. The summed E-state index contributed by atoms with van der Waals surface area (Å²) in [6, 6.07) is 21.3. The highest BCUT2D eigenvalue weighted by atomic mass is 32.2. The molecule has 0 heterocycles. The van der Waals surface area contributed by atoms with E-state index in [9.17, 15) is 17.6 Å². The van der Waals surface area contributed by atoms with Crippen LogP contribution in [0.2, 0.25) is 0 Å². The molecular formula is C24H25FN2O3S. The van der Waals surface area contributed by atoms with Gasteiger partial charge in [0.15, 0.2) is 0 Å². The first-order valence-electron chi connectivity index (χ1n) is 9.95. The van der Waals surface area contributed by atoms with E-state index in [-0.39, 0.29) is 23.2 Å². The quantitative estimate of drug-likeness (QED) is 0.525. The lowest BCUT2D eigenvalue weighted by atomic mass is 10.1. The molecular weight excluding hydrogens is 415 g/mol. The molecule has 0 aliphatic rings. The van der Waals surface area contributed by atoms with Crippen molar-refractivity contribution in [1.82, 2.24) is 9.21 Å². The SMILES string of the molecule is CCN(Cc1ccc(C(=O)N(C)Cc2ccc(F)cc2)cc1)S(=O)(=O)c1ccccc1. The summed E-state index contributed by atoms with van der Waals surface area (Å²) in [4.78, 5) is 14.5. The number of nitrogens with zero attached hydrogens (tertiary/aromatic N) is 2. The van der Waals surface area contributed by atoms with Crippen molar-refractivity contribution in [2.45, 2.75) is 24.9 Å². The second kappa shape index (κ2) is 9.85. The Hall–Kier alpha value is -3.03. The van der Waals surface area contributed by atoms with Crippen molar-refractivity contribution >= 4 is 15.9 Å². The van der Waals surface area contributed by atoms with E-state index in [0.29, 0.717) is 18.7 Å². The number of halogens is 1. The van der Waals surface area contributed by atoms with Crippen molar-refractivity contribution in [3.05, 3.63) is 101 Å². The summed E-state index contributed by atoms with van der Waals surface area (Å²) in [6.07, 6.45) is 0. The summed E-state index contributed by atoms with van der Waals surface area (Å²) >= 11 is 0. The molecule has 0 fully saturated rings. The molecule has 0 aliphatic carbocycles. The molecule has 0 saturated carbocycles. The van der Waals surface area contributed by atoms with E-state index in [0.717, 1.165) is 11.1 Å². The third-order valence-corrected chi connectivity index (χ3v) is 6.91. The number of carbonyl (C=O) groups is 1. The number of carbonyl (C=O) groups excluding carboxylic acids is 1. The molecule has 0 atom stereocenters. The molecule has 3 aromatic carbocycles. The Kier molecular flexibility index (Phi) is 7.20. The number of sulfonamides is 1. The minimum absolute atomic E-state index is 0.167. The lowest BCUT2D eigenvalue weighted by molar-refractivity contribution is 0.0785. The molecule has 162 valence electrons. The first-order chi connectivity index (χ1) is 14.8. The van der Waals surface area contributed by atoms with Gasteiger partial charge in [-0.05, 0) is 47.5 Å². The molecule has 3 rings (SSSR count). The third-order valence-electron chi connectivity index (χ3n) is 4.97. The summed E-state index contributed by atoms with van der Waals surface area (Å²) in [5.74, 6) is -0.483. The van der Waals surface area contributed by atoms with Crippen LogP contribution in [0.3, 0.4) is 0 Å². The topological polar surface area (TPSA) is 57.7 Å². The number of amides is 1. The van der Waals surface area contributed by atoms with E-state index < -0.39 is 10.0 Å². The normalized spacial score (nSPS) is 11.5. The second-order valence-corrected chi connectivity index (χ2v) is 9.17. The Morgan fingerprint density at radius 1 is 0.839 bits per heavy atom. The molecule has 7 heteroatoms. The summed E-state index contributed by atoms with van der Waals surface area (Å²) in [6.45, 7) is 2.70. The fraction of sp³-hybridized carbons (Fsp3) is 0.208. The van der Waals surface area contributed by atoms with Crippen LogP contribution in [0.4, 0.5) is 4.39 Å². The van der Waals surface area contributed by atoms with E-state index in [1.54, 1.807) is 85.6 Å². The first kappa shape index (κ1) is 22.7. The zero-order valence-electron chi connectivity index (χ0n) is 17.5. The van der Waals surface area contributed by atoms with Gasteiger partial charge in [-0.1, -0.05) is 49.4 Å². The van der Waals surface area contributed by atoms with Gasteiger partial charge in [-0.15, -0.1) is 0 Å². The maximum atomic E-state index is 13.1. The van der Waals surface area contributed by atoms with Crippen LogP contribution < -0.4 is 0 Å². The predicted molar refractivity (Wildman–Crippen MR) is 118 cm³/mol. The van der Waals surface area contributed by atoms with E-state index in [2.05, 4.69) is 0 Å². The third kappa shape index (κ3) is 5.57. The van der Waals surface area contributed by atoms with Gasteiger partial charge < -0.3 is 4.90 Å². The van der Waals surface area contributed by atoms with Crippen LogP contribution in [0.5, 0.6) is 0 Å². The Labute approximate surface area is 182 Å². The smallest absolute Gasteiger partial charge is 0.253 e. The Balaban J connectivity index is 1.68. The highest BCUT2D eigenvalue weighted by Gasteiger charge is 2.23. The second-order valence-electron chi connectivity index (χ2n) is 7.23. The lowest BCUT2D eigenvalue weighted by Gasteiger charge is -2.21. The highest BCUT2D eigenvalue weighted by Crippen LogP contribution is 2.19. The molecule has 0 aromatic heterocycles. The van der Waals surface area contributed by atoms with Gasteiger partial charge in [0.05, 0.1) is 4.90 Å². The standard InChI is InChI=1S/C24H25FN2O3S/c1-3-27(31(29,30)23-7-5-4-6-8-23)18-20-9-13-21(14-10-20)24(28)26(2)17-19-11-15-22(25)16-12-19/h4-16H,3,17-18H2,1-2H3. The molecule has 0 aliphatic heterocycles. The monoisotopic (exact) mass is 440 g/mol. The van der Waals surface area contributed by atoms with Crippen LogP contribution in [0.15, 0.2) is 83.8 Å². The minimum atomic E-state index is -3.60. The molecule has 1 amide bonds. The Morgan fingerprint density at radius 3 is 1.97 bits per heavy atom. The molecule has 0 spiro atoms. The molecule has 5 nitrogen and oxygen atoms in total. The molecule has 0 bridgehead atoms. The fourth-order valence-electron chi connectivity index (χ4n) is 3.22. The predicted octanol–water partition coefficient (Wildman–Crippen LogP) is 4.31. The van der Waals surface area contributed by atoms with Crippen LogP contribution in [0, 0.1) is 5.82 Å². The average molecular weight is 441 g/mol. The summed E-state index contributed by atoms with van der Waals surface area (Å²) in [7, 11) is -1.91. The van der Waals surface area contributed by atoms with Crippen LogP contribution in [-0.2, 0) is 23.1 Å². The van der Waals surface area contributed by atoms with Gasteiger partial charge in [0, 0.05) is 32.2 Å². The van der Waals surface area contributed by atoms with E-state index in [4.69, 9.17) is 0 Å². The van der Waals surface area contributed by atoms with Gasteiger partial charge in [-0.2, -0.15) is 4.31 Å². The molecule has 3 aromatic rings. The van der Waals surface area contributed by atoms with Crippen LogP contribution >= 0.6 is 0 Å². The zero-order chi connectivity index (χ0) is 22.4. The Morgan fingerprint density at radius 2 is 1.39 bits per heavy atom. The van der Waals surface area contributed by atoms with Crippen LogP contribution in [-0.4, -0.2) is 37.1 Å². The van der Waals surface area contributed by atoms with Gasteiger partial charge >= 0.3 is 0 Å². The number of rotatable bonds is 8. The van der Waals surface area contributed by atoms with Crippen molar-refractivity contribution in [1.29, 1.82) is 0 Å². The molecule has 0 N–H and O–H groups in total.